The number of carbonyl (C=O) groups is 1. The lowest BCUT2D eigenvalue weighted by molar-refractivity contribution is -0.129. The van der Waals surface area contributed by atoms with E-state index in [0.717, 1.165) is 31.0 Å². The topological polar surface area (TPSA) is 101 Å². The van der Waals surface area contributed by atoms with Gasteiger partial charge in [0.1, 0.15) is 5.65 Å². The molecule has 2 saturated heterocycles. The average Bonchev–Trinajstić information content (AvgIpc) is 3.13. The van der Waals surface area contributed by atoms with Crippen LogP contribution < -0.4 is 16.1 Å². The molecular weight excluding hydrogens is 387 g/mol. The van der Waals surface area contributed by atoms with Gasteiger partial charge in [0, 0.05) is 45.0 Å². The van der Waals surface area contributed by atoms with Crippen molar-refractivity contribution in [1.29, 1.82) is 5.41 Å². The van der Waals surface area contributed by atoms with Crippen LogP contribution >= 0.6 is 0 Å². The Hall–Kier alpha value is -2.98. The fourth-order valence-corrected chi connectivity index (χ4v) is 3.79. The van der Waals surface area contributed by atoms with Crippen LogP contribution in [0.15, 0.2) is 42.2 Å². The number of carbonyl (C=O) groups excluding carboxylic acids is 1. The molecule has 2 aliphatic heterocycles. The molecule has 0 spiro atoms. The van der Waals surface area contributed by atoms with Crippen LogP contribution in [0.25, 0.3) is 5.65 Å². The second kappa shape index (κ2) is 8.80. The van der Waals surface area contributed by atoms with E-state index < -0.39 is 5.83 Å². The molecule has 160 valence electrons. The van der Waals surface area contributed by atoms with Gasteiger partial charge >= 0.3 is 0 Å². The van der Waals surface area contributed by atoms with Gasteiger partial charge in [-0.25, -0.2) is 14.4 Å². The Balaban J connectivity index is 1.31. The van der Waals surface area contributed by atoms with Gasteiger partial charge in [-0.3, -0.25) is 4.79 Å². The zero-order valence-electron chi connectivity index (χ0n) is 16.9. The smallest absolute Gasteiger partial charge is 0.227 e. The Morgan fingerprint density at radius 3 is 3.00 bits per heavy atom. The molecular formula is C20H27FN8O. The molecule has 0 aliphatic carbocycles. The standard InChI is InChI=1S/C20H27FN8O/c1-14-11-28(7-5-23-14)26-19(17(21)8-22)27-12-15(13-27)20(30)25-10-16-9-24-18-4-2-3-6-29(16)18/h2-4,6,8-9,14-15,22-23,26H,5,7,10-13H2,1H3,(H,25,30)/b19-17-,22-8?/t14-/m0/s1. The minimum Gasteiger partial charge on any atom is -0.353 e. The number of amides is 1. The van der Waals surface area contributed by atoms with E-state index in [1.54, 1.807) is 11.1 Å². The van der Waals surface area contributed by atoms with Gasteiger partial charge < -0.3 is 30.8 Å². The van der Waals surface area contributed by atoms with Gasteiger partial charge in [-0.2, -0.15) is 0 Å². The number of likely N-dealkylation sites (tertiary alicyclic amines) is 1. The summed E-state index contributed by atoms with van der Waals surface area (Å²) in [5.74, 6) is -0.667. The number of piperazine rings is 1. The molecule has 2 aliphatic rings. The number of hydrazine groups is 1. The zero-order chi connectivity index (χ0) is 21.1. The third-order valence-corrected chi connectivity index (χ3v) is 5.49. The number of aromatic nitrogens is 2. The number of imidazole rings is 1. The summed E-state index contributed by atoms with van der Waals surface area (Å²) in [4.78, 5) is 18.6. The molecule has 0 saturated carbocycles. The minimum absolute atomic E-state index is 0.0671. The van der Waals surface area contributed by atoms with Crippen LogP contribution in [-0.2, 0) is 11.3 Å². The molecule has 2 aromatic rings. The highest BCUT2D eigenvalue weighted by Gasteiger charge is 2.36. The molecule has 30 heavy (non-hydrogen) atoms. The first-order chi connectivity index (χ1) is 14.5. The molecule has 0 unspecified atom stereocenters. The summed E-state index contributed by atoms with van der Waals surface area (Å²) >= 11 is 0. The van der Waals surface area contributed by atoms with E-state index in [0.29, 0.717) is 31.9 Å². The number of hydrogen-bond donors (Lipinski definition) is 4. The van der Waals surface area contributed by atoms with Crippen LogP contribution in [0.5, 0.6) is 0 Å². The second-order valence-electron chi connectivity index (χ2n) is 7.75. The van der Waals surface area contributed by atoms with Gasteiger partial charge in [0.05, 0.1) is 30.6 Å². The Morgan fingerprint density at radius 1 is 1.40 bits per heavy atom. The van der Waals surface area contributed by atoms with Gasteiger partial charge in [-0.1, -0.05) is 6.07 Å². The van der Waals surface area contributed by atoms with Crippen molar-refractivity contribution in [3.63, 3.8) is 0 Å². The van der Waals surface area contributed by atoms with Crippen molar-refractivity contribution in [1.82, 2.24) is 35.4 Å². The van der Waals surface area contributed by atoms with Crippen molar-refractivity contribution in [3.8, 4) is 0 Å². The fourth-order valence-electron chi connectivity index (χ4n) is 3.79. The van der Waals surface area contributed by atoms with Gasteiger partial charge in [0.2, 0.25) is 5.91 Å². The highest BCUT2D eigenvalue weighted by atomic mass is 19.1. The molecule has 4 heterocycles. The van der Waals surface area contributed by atoms with Crippen molar-refractivity contribution in [3.05, 3.63) is 47.9 Å². The predicted octanol–water partition coefficient (Wildman–Crippen LogP) is 0.469. The Bertz CT molecular complexity index is 951. The summed E-state index contributed by atoms with van der Waals surface area (Å²) in [6, 6.07) is 6.04. The van der Waals surface area contributed by atoms with Crippen LogP contribution in [0.1, 0.15) is 12.6 Å². The van der Waals surface area contributed by atoms with Crippen LogP contribution in [0, 0.1) is 11.3 Å². The van der Waals surface area contributed by atoms with Crippen LogP contribution in [0.2, 0.25) is 0 Å². The number of halogens is 1. The number of hydrogen-bond acceptors (Lipinski definition) is 7. The van der Waals surface area contributed by atoms with Gasteiger partial charge in [-0.05, 0) is 19.1 Å². The largest absolute Gasteiger partial charge is 0.353 e. The minimum atomic E-state index is -0.634. The maximum atomic E-state index is 14.3. The number of pyridine rings is 1. The highest BCUT2D eigenvalue weighted by molar-refractivity contribution is 5.80. The summed E-state index contributed by atoms with van der Waals surface area (Å²) in [5.41, 5.74) is 4.84. The van der Waals surface area contributed by atoms with Crippen molar-refractivity contribution >= 4 is 17.8 Å². The lowest BCUT2D eigenvalue weighted by Gasteiger charge is -2.43. The summed E-state index contributed by atoms with van der Waals surface area (Å²) in [7, 11) is 0. The number of nitrogens with zero attached hydrogens (tertiary/aromatic N) is 4. The van der Waals surface area contributed by atoms with Gasteiger partial charge in [0.15, 0.2) is 11.6 Å². The highest BCUT2D eigenvalue weighted by Crippen LogP contribution is 2.22. The maximum Gasteiger partial charge on any atom is 0.227 e. The van der Waals surface area contributed by atoms with E-state index in [-0.39, 0.29) is 17.6 Å². The monoisotopic (exact) mass is 414 g/mol. The molecule has 2 fully saturated rings. The number of allylic oxidation sites excluding steroid dienone is 1. The van der Waals surface area contributed by atoms with E-state index in [2.05, 4.69) is 28.0 Å². The first-order valence-electron chi connectivity index (χ1n) is 10.1. The quantitative estimate of drug-likeness (QED) is 0.492. The Labute approximate surface area is 174 Å². The molecule has 0 aromatic carbocycles. The summed E-state index contributed by atoms with van der Waals surface area (Å²) in [6.07, 6.45) is 4.36. The lowest BCUT2D eigenvalue weighted by atomic mass is 9.99. The molecule has 2 aromatic heterocycles. The second-order valence-corrected chi connectivity index (χ2v) is 7.75. The number of rotatable bonds is 7. The molecule has 0 radical (unpaired) electrons. The normalized spacial score (nSPS) is 21.1. The summed E-state index contributed by atoms with van der Waals surface area (Å²) in [6.45, 7) is 5.53. The third kappa shape index (κ3) is 4.29. The number of nitrogens with one attached hydrogen (secondary N) is 4. The molecule has 4 rings (SSSR count). The average molecular weight is 414 g/mol. The van der Waals surface area contributed by atoms with Crippen molar-refractivity contribution in [2.75, 3.05) is 32.7 Å². The summed E-state index contributed by atoms with van der Waals surface area (Å²) in [5, 5.41) is 15.5. The summed E-state index contributed by atoms with van der Waals surface area (Å²) < 4.78 is 16.2. The van der Waals surface area contributed by atoms with Crippen molar-refractivity contribution in [2.24, 2.45) is 5.92 Å². The first kappa shape index (κ1) is 20.3. The van der Waals surface area contributed by atoms with Gasteiger partial charge in [-0.15, -0.1) is 0 Å². The fraction of sp³-hybridized carbons (Fsp3) is 0.450. The Morgan fingerprint density at radius 2 is 2.23 bits per heavy atom. The third-order valence-electron chi connectivity index (χ3n) is 5.49. The van der Waals surface area contributed by atoms with E-state index in [1.165, 1.54) is 0 Å². The molecule has 4 N–H and O–H groups in total. The molecule has 9 nitrogen and oxygen atoms in total. The van der Waals surface area contributed by atoms with E-state index in [4.69, 9.17) is 5.41 Å². The molecule has 10 heteroatoms. The molecule has 0 bridgehead atoms. The Kier molecular flexibility index (Phi) is 5.96. The first-order valence-corrected chi connectivity index (χ1v) is 10.1. The van der Waals surface area contributed by atoms with E-state index >= 15 is 0 Å². The van der Waals surface area contributed by atoms with Crippen LogP contribution in [0.4, 0.5) is 4.39 Å². The molecule has 1 atom stereocenters. The van der Waals surface area contributed by atoms with E-state index in [1.807, 2.05) is 33.8 Å². The number of fused-ring (bicyclic) bond motifs is 1. The van der Waals surface area contributed by atoms with Crippen LogP contribution in [0.3, 0.4) is 0 Å². The zero-order valence-corrected chi connectivity index (χ0v) is 16.9. The van der Waals surface area contributed by atoms with Crippen molar-refractivity contribution in [2.45, 2.75) is 19.5 Å². The maximum absolute atomic E-state index is 14.3. The SMILES string of the molecule is C[C@H]1CN(N/C(=C(/F)C=N)N2CC(C(=O)NCc3cnc4ccccn34)C2)CCN1. The van der Waals surface area contributed by atoms with Crippen LogP contribution in [-0.4, -0.2) is 70.2 Å². The predicted molar refractivity (Wildman–Crippen MR) is 111 cm³/mol. The molecule has 1 amide bonds. The van der Waals surface area contributed by atoms with Gasteiger partial charge in [0.25, 0.3) is 0 Å². The van der Waals surface area contributed by atoms with E-state index in [9.17, 15) is 9.18 Å². The lowest BCUT2D eigenvalue weighted by Crippen LogP contribution is -2.59. The van der Waals surface area contributed by atoms with Crippen molar-refractivity contribution < 1.29 is 9.18 Å².